The maximum absolute atomic E-state index is 11.6. The molecule has 0 spiro atoms. The first-order valence-corrected chi connectivity index (χ1v) is 14.4. The van der Waals surface area contributed by atoms with Gasteiger partial charge in [0.05, 0.1) is 17.5 Å². The lowest BCUT2D eigenvalue weighted by atomic mass is 9.87. The zero-order valence-corrected chi connectivity index (χ0v) is 24.6. The molecular weight excluding hydrogens is 496 g/mol. The molecule has 3 atom stereocenters. The number of aromatic nitrogens is 1. The second-order valence-electron chi connectivity index (χ2n) is 11.4. The Kier molecular flexibility index (Phi) is 8.38. The number of nitrogens with zero attached hydrogens (tertiary/aromatic N) is 2. The molecule has 210 valence electrons. The minimum Gasteiger partial charge on any atom is -0.378 e. The fourth-order valence-corrected chi connectivity index (χ4v) is 5.96. The monoisotopic (exact) mass is 538 g/mol. The summed E-state index contributed by atoms with van der Waals surface area (Å²) in [5.74, 6) is 0.676. The molecule has 3 unspecified atom stereocenters. The van der Waals surface area contributed by atoms with E-state index >= 15 is 0 Å². The molecule has 2 aliphatic rings. The largest absolute Gasteiger partial charge is 0.378 e. The van der Waals surface area contributed by atoms with E-state index in [1.54, 1.807) is 14.0 Å². The van der Waals surface area contributed by atoms with Crippen LogP contribution in [-0.2, 0) is 4.74 Å². The van der Waals surface area contributed by atoms with Gasteiger partial charge in [0, 0.05) is 36.2 Å². The first-order chi connectivity index (χ1) is 19.2. The molecule has 2 aromatic carbocycles. The number of anilines is 2. The highest BCUT2D eigenvalue weighted by molar-refractivity contribution is 5.94. The number of pyridine rings is 1. The summed E-state index contributed by atoms with van der Waals surface area (Å²) in [5.41, 5.74) is 10.3. The zero-order chi connectivity index (χ0) is 28.4. The molecule has 0 bridgehead atoms. The lowest BCUT2D eigenvalue weighted by Crippen LogP contribution is -2.40. The summed E-state index contributed by atoms with van der Waals surface area (Å²) in [7, 11) is 1.74. The number of benzene rings is 2. The number of nitrogens with one attached hydrogen (secondary N) is 2. The molecule has 6 nitrogen and oxygen atoms in total. The Hall–Kier alpha value is -3.48. The van der Waals surface area contributed by atoms with Crippen molar-refractivity contribution in [2.24, 2.45) is 0 Å². The Labute approximate surface area is 238 Å². The molecule has 1 saturated heterocycles. The van der Waals surface area contributed by atoms with E-state index in [4.69, 9.17) is 4.74 Å². The second-order valence-corrected chi connectivity index (χ2v) is 11.4. The number of hydrogen-bond acceptors (Lipinski definition) is 6. The Morgan fingerprint density at radius 1 is 1.02 bits per heavy atom. The maximum atomic E-state index is 11.6. The van der Waals surface area contributed by atoms with Crippen molar-refractivity contribution in [3.63, 3.8) is 0 Å². The van der Waals surface area contributed by atoms with Gasteiger partial charge in [0.2, 0.25) is 0 Å². The smallest absolute Gasteiger partial charge is 0.159 e. The fourth-order valence-electron chi connectivity index (χ4n) is 5.96. The van der Waals surface area contributed by atoms with Crippen LogP contribution in [0.2, 0.25) is 0 Å². The number of fused-ring (bicyclic) bond motifs is 1. The van der Waals surface area contributed by atoms with Crippen molar-refractivity contribution in [2.75, 3.05) is 30.8 Å². The van der Waals surface area contributed by atoms with Crippen LogP contribution in [0.4, 0.5) is 11.4 Å². The van der Waals surface area contributed by atoms with E-state index in [1.807, 2.05) is 18.3 Å². The summed E-state index contributed by atoms with van der Waals surface area (Å²) >= 11 is 0. The molecule has 0 radical (unpaired) electrons. The number of methoxy groups -OCH3 is 1. The van der Waals surface area contributed by atoms with Gasteiger partial charge in [0.1, 0.15) is 6.17 Å². The molecule has 0 saturated carbocycles. The quantitative estimate of drug-likeness (QED) is 0.298. The van der Waals surface area contributed by atoms with Gasteiger partial charge >= 0.3 is 0 Å². The van der Waals surface area contributed by atoms with Crippen LogP contribution in [0, 0.1) is 6.92 Å². The van der Waals surface area contributed by atoms with Crippen LogP contribution in [0.5, 0.6) is 0 Å². The Balaban J connectivity index is 1.30. The molecule has 2 N–H and O–H groups in total. The minimum absolute atomic E-state index is 0.0546. The summed E-state index contributed by atoms with van der Waals surface area (Å²) < 4.78 is 5.52. The fraction of sp³-hybridized carbons (Fsp3) is 0.412. The van der Waals surface area contributed by atoms with Crippen molar-refractivity contribution in [3.05, 3.63) is 82.7 Å². The van der Waals surface area contributed by atoms with Crippen molar-refractivity contribution in [2.45, 2.75) is 71.7 Å². The summed E-state index contributed by atoms with van der Waals surface area (Å²) in [4.78, 5) is 18.9. The highest BCUT2D eigenvalue weighted by atomic mass is 16.5. The Bertz CT molecular complexity index is 1390. The molecule has 5 rings (SSSR count). The van der Waals surface area contributed by atoms with Gasteiger partial charge in [-0.3, -0.25) is 14.7 Å². The van der Waals surface area contributed by atoms with Gasteiger partial charge < -0.3 is 15.4 Å². The van der Waals surface area contributed by atoms with Crippen molar-refractivity contribution in [1.29, 1.82) is 0 Å². The normalized spacial score (nSPS) is 19.4. The van der Waals surface area contributed by atoms with E-state index in [9.17, 15) is 4.79 Å². The summed E-state index contributed by atoms with van der Waals surface area (Å²) in [6, 6.07) is 17.3. The number of rotatable bonds is 8. The third-order valence-corrected chi connectivity index (χ3v) is 8.88. The average molecular weight is 539 g/mol. The van der Waals surface area contributed by atoms with Gasteiger partial charge in [0.25, 0.3) is 0 Å². The number of likely N-dealkylation sites (tertiary alicyclic amines) is 1. The van der Waals surface area contributed by atoms with Crippen LogP contribution < -0.4 is 10.6 Å². The van der Waals surface area contributed by atoms with Gasteiger partial charge in [-0.15, -0.1) is 0 Å². The molecule has 6 heteroatoms. The lowest BCUT2D eigenvalue weighted by Gasteiger charge is -2.37. The molecule has 0 aliphatic carbocycles. The van der Waals surface area contributed by atoms with E-state index < -0.39 is 0 Å². The predicted molar refractivity (Wildman–Crippen MR) is 165 cm³/mol. The molecule has 3 heterocycles. The SMILES string of the molecule is COC(C)C1Nc2ccc(-c3ccnc(C)c3/C=C(\C)C(C)N3CCC(c4ccc(C(C)=O)cc4)CC3)cc2N1. The molecule has 0 amide bonds. The number of hydrogen-bond donors (Lipinski definition) is 2. The van der Waals surface area contributed by atoms with Crippen LogP contribution in [0.3, 0.4) is 0 Å². The second kappa shape index (κ2) is 11.9. The average Bonchev–Trinajstić information content (AvgIpc) is 3.41. The van der Waals surface area contributed by atoms with E-state index in [0.29, 0.717) is 12.0 Å². The standard InChI is InChI=1S/C34H42N4O2/c1-21(23(3)38-17-14-28(15-18-38)27-9-7-26(8-10-27)24(4)39)19-31-22(2)35-16-13-30(31)29-11-12-32-33(20-29)37-34(36-32)25(5)40-6/h7-13,16,19-20,23,25,28,34,36-37H,14-15,17-18H2,1-6H3/b21-19+. The van der Waals surface area contributed by atoms with E-state index in [2.05, 4.69) is 90.7 Å². The van der Waals surface area contributed by atoms with Gasteiger partial charge in [-0.05, 0) is 101 Å². The number of piperidine rings is 1. The van der Waals surface area contributed by atoms with E-state index in [1.165, 1.54) is 27.8 Å². The van der Waals surface area contributed by atoms with Crippen molar-refractivity contribution < 1.29 is 9.53 Å². The molecule has 40 heavy (non-hydrogen) atoms. The van der Waals surface area contributed by atoms with E-state index in [0.717, 1.165) is 48.6 Å². The van der Waals surface area contributed by atoms with Gasteiger partial charge in [-0.25, -0.2) is 0 Å². The summed E-state index contributed by atoms with van der Waals surface area (Å²) in [6.07, 6.45) is 6.62. The van der Waals surface area contributed by atoms with Gasteiger partial charge in [-0.1, -0.05) is 42.0 Å². The first-order valence-electron chi connectivity index (χ1n) is 14.4. The highest BCUT2D eigenvalue weighted by Gasteiger charge is 2.26. The molecule has 3 aromatic rings. The Morgan fingerprint density at radius 2 is 1.73 bits per heavy atom. The molecule has 2 aliphatic heterocycles. The maximum Gasteiger partial charge on any atom is 0.159 e. The molecular formula is C34H42N4O2. The number of Topliss-reactive ketones (excluding diaryl/α,β-unsaturated/α-hetero) is 1. The highest BCUT2D eigenvalue weighted by Crippen LogP contribution is 2.37. The summed E-state index contributed by atoms with van der Waals surface area (Å²) in [5, 5.41) is 7.08. The van der Waals surface area contributed by atoms with Crippen LogP contribution in [-0.4, -0.2) is 54.2 Å². The molecule has 1 fully saturated rings. The number of carbonyl (C=O) groups is 1. The van der Waals surface area contributed by atoms with Crippen LogP contribution in [0.15, 0.2) is 60.3 Å². The van der Waals surface area contributed by atoms with Crippen molar-refractivity contribution >= 4 is 23.2 Å². The van der Waals surface area contributed by atoms with Gasteiger partial charge in [-0.2, -0.15) is 0 Å². The topological polar surface area (TPSA) is 66.5 Å². The minimum atomic E-state index is 0.0546. The third kappa shape index (κ3) is 5.84. The number of ether oxygens (including phenoxy) is 1. The number of carbonyl (C=O) groups excluding carboxylic acids is 1. The third-order valence-electron chi connectivity index (χ3n) is 8.88. The van der Waals surface area contributed by atoms with Crippen LogP contribution in [0.25, 0.3) is 17.2 Å². The molecule has 1 aromatic heterocycles. The zero-order valence-electron chi connectivity index (χ0n) is 24.6. The van der Waals surface area contributed by atoms with Crippen LogP contribution >= 0.6 is 0 Å². The summed E-state index contributed by atoms with van der Waals surface area (Å²) in [6.45, 7) is 12.5. The van der Waals surface area contributed by atoms with Crippen LogP contribution in [0.1, 0.15) is 73.6 Å². The number of aryl methyl sites for hydroxylation is 1. The van der Waals surface area contributed by atoms with E-state index in [-0.39, 0.29) is 18.1 Å². The van der Waals surface area contributed by atoms with Crippen molar-refractivity contribution in [1.82, 2.24) is 9.88 Å². The number of ketones is 1. The Morgan fingerprint density at radius 3 is 2.40 bits per heavy atom. The first kappa shape index (κ1) is 28.1. The van der Waals surface area contributed by atoms with Crippen molar-refractivity contribution in [3.8, 4) is 11.1 Å². The van der Waals surface area contributed by atoms with Gasteiger partial charge in [0.15, 0.2) is 5.78 Å². The predicted octanol–water partition coefficient (Wildman–Crippen LogP) is 7.13. The lowest BCUT2D eigenvalue weighted by molar-refractivity contribution is 0.101.